The van der Waals surface area contributed by atoms with Crippen LogP contribution < -0.4 is 9.80 Å². The molecular weight excluding hydrogens is 773 g/mol. The van der Waals surface area contributed by atoms with E-state index < -0.39 is 0 Å². The predicted octanol–water partition coefficient (Wildman–Crippen LogP) is 17.6. The van der Waals surface area contributed by atoms with Gasteiger partial charge in [-0.25, -0.2) is 0 Å². The smallest absolute Gasteiger partial charge is 0.0462 e. The zero-order chi connectivity index (χ0) is 42.7. The van der Waals surface area contributed by atoms with E-state index in [-0.39, 0.29) is 0 Å². The van der Waals surface area contributed by atoms with Crippen LogP contribution in [0, 0.1) is 0 Å². The molecule has 0 unspecified atom stereocenters. The van der Waals surface area contributed by atoms with Gasteiger partial charge in [-0.2, -0.15) is 0 Å². The molecule has 2 heteroatoms. The van der Waals surface area contributed by atoms with Crippen LogP contribution in [0.15, 0.2) is 243 Å². The van der Waals surface area contributed by atoms with Crippen molar-refractivity contribution in [2.75, 3.05) is 9.80 Å². The first kappa shape index (κ1) is 38.5. The Kier molecular flexibility index (Phi) is 10.3. The van der Waals surface area contributed by atoms with Crippen LogP contribution in [-0.2, 0) is 0 Å². The van der Waals surface area contributed by atoms with Gasteiger partial charge in [0.2, 0.25) is 0 Å². The maximum absolute atomic E-state index is 2.38. The first-order valence-electron chi connectivity index (χ1n) is 21.9. The van der Waals surface area contributed by atoms with Gasteiger partial charge in [-0.05, 0) is 162 Å². The van der Waals surface area contributed by atoms with Gasteiger partial charge in [0.05, 0.1) is 0 Å². The Morgan fingerprint density at radius 1 is 0.219 bits per heavy atom. The molecule has 0 N–H and O–H groups in total. The van der Waals surface area contributed by atoms with Crippen LogP contribution in [0.4, 0.5) is 34.1 Å². The highest BCUT2D eigenvalue weighted by atomic mass is 15.1. The zero-order valence-corrected chi connectivity index (χ0v) is 35.3. The molecule has 0 saturated heterocycles. The first-order chi connectivity index (χ1) is 31.7. The molecule has 0 bridgehead atoms. The summed E-state index contributed by atoms with van der Waals surface area (Å²) in [6.07, 6.45) is 9.19. The van der Waals surface area contributed by atoms with Crippen LogP contribution in [0.5, 0.6) is 0 Å². The maximum atomic E-state index is 2.38. The molecule has 0 amide bonds. The molecule has 0 aliphatic heterocycles. The minimum absolute atomic E-state index is 1.11. The van der Waals surface area contributed by atoms with Gasteiger partial charge in [-0.15, -0.1) is 0 Å². The highest BCUT2D eigenvalue weighted by molar-refractivity contribution is 6.19. The summed E-state index contributed by atoms with van der Waals surface area (Å²) in [5, 5.41) is 9.81. The van der Waals surface area contributed by atoms with Gasteiger partial charge in [-0.3, -0.25) is 0 Å². The summed E-state index contributed by atoms with van der Waals surface area (Å²) in [5.74, 6) is 0. The molecule has 0 aromatic heterocycles. The van der Waals surface area contributed by atoms with Crippen molar-refractivity contribution < 1.29 is 0 Å². The molecule has 302 valence electrons. The number of fused-ring (bicyclic) bond motifs is 4. The Morgan fingerprint density at radius 3 is 0.719 bits per heavy atom. The molecular formula is C62H44N2. The topological polar surface area (TPSA) is 6.48 Å². The van der Waals surface area contributed by atoms with Gasteiger partial charge in [0.25, 0.3) is 0 Å². The molecule has 0 spiro atoms. The summed E-state index contributed by atoms with van der Waals surface area (Å²) < 4.78 is 0. The Balaban J connectivity index is 1.02. The molecule has 64 heavy (non-hydrogen) atoms. The zero-order valence-electron chi connectivity index (χ0n) is 35.3. The minimum Gasteiger partial charge on any atom is -0.311 e. The van der Waals surface area contributed by atoms with Crippen LogP contribution in [0.2, 0.25) is 0 Å². The monoisotopic (exact) mass is 816 g/mol. The van der Waals surface area contributed by atoms with E-state index in [2.05, 4.69) is 277 Å². The Morgan fingerprint density at radius 2 is 0.453 bits per heavy atom. The molecule has 0 heterocycles. The van der Waals surface area contributed by atoms with Gasteiger partial charge < -0.3 is 9.80 Å². The predicted molar refractivity (Wildman–Crippen MR) is 277 cm³/mol. The van der Waals surface area contributed by atoms with E-state index in [0.717, 1.165) is 45.3 Å². The third-order valence-corrected chi connectivity index (χ3v) is 12.2. The third kappa shape index (κ3) is 7.59. The van der Waals surface area contributed by atoms with Crippen molar-refractivity contribution >= 4 is 102 Å². The highest BCUT2D eigenvalue weighted by Crippen LogP contribution is 2.41. The summed E-state index contributed by atoms with van der Waals surface area (Å²) in [7, 11) is 0. The lowest BCUT2D eigenvalue weighted by atomic mass is 9.88. The lowest BCUT2D eigenvalue weighted by molar-refractivity contribution is 1.28. The van der Waals surface area contributed by atoms with Crippen LogP contribution in [0.3, 0.4) is 0 Å². The van der Waals surface area contributed by atoms with E-state index in [1.54, 1.807) is 0 Å². The molecule has 11 aromatic rings. The lowest BCUT2D eigenvalue weighted by Gasteiger charge is -2.25. The average Bonchev–Trinajstić information content (AvgIpc) is 3.36. The van der Waals surface area contributed by atoms with Gasteiger partial charge in [-0.1, -0.05) is 170 Å². The quantitative estimate of drug-likeness (QED) is 0.100. The fraction of sp³-hybridized carbons (Fsp3) is 0. The number of hydrogen-bond donors (Lipinski definition) is 0. The first-order valence-corrected chi connectivity index (χ1v) is 21.9. The molecule has 0 aliphatic carbocycles. The largest absolute Gasteiger partial charge is 0.311 e. The number of nitrogens with zero attached hydrogens (tertiary/aromatic N) is 2. The average molecular weight is 817 g/mol. The standard InChI is InChI=1S/C62H44N2/c1-5-21-51(22-6-1)63(52-23-7-2-8-24-52)55-35-29-45(30-36-55)33-39-57-59-41-47-17-13-15-19-49(47)43-61(59)58(62-44-50-20-16-14-18-48(50)42-60(57)62)40-34-46-31-37-56(38-32-46)64(53-25-9-3-10-26-53)54-27-11-4-12-28-54/h1-44H/b39-33+,40-34+. The molecule has 0 atom stereocenters. The normalized spacial score (nSPS) is 11.6. The van der Waals surface area contributed by atoms with E-state index in [4.69, 9.17) is 0 Å². The Labute approximate surface area is 374 Å². The van der Waals surface area contributed by atoms with Crippen molar-refractivity contribution in [3.63, 3.8) is 0 Å². The van der Waals surface area contributed by atoms with E-state index in [0.29, 0.717) is 0 Å². The number of anilines is 6. The second kappa shape index (κ2) is 17.1. The van der Waals surface area contributed by atoms with Crippen molar-refractivity contribution in [3.05, 3.63) is 265 Å². The number of hydrogen-bond acceptors (Lipinski definition) is 2. The summed E-state index contributed by atoms with van der Waals surface area (Å²) in [6, 6.07) is 87.0. The van der Waals surface area contributed by atoms with Crippen molar-refractivity contribution in [1.82, 2.24) is 0 Å². The van der Waals surface area contributed by atoms with E-state index in [9.17, 15) is 0 Å². The Bertz CT molecular complexity index is 3040. The molecule has 2 nitrogen and oxygen atoms in total. The van der Waals surface area contributed by atoms with Crippen molar-refractivity contribution in [2.45, 2.75) is 0 Å². The summed E-state index contributed by atoms with van der Waals surface area (Å²) in [6.45, 7) is 0. The van der Waals surface area contributed by atoms with E-state index >= 15 is 0 Å². The molecule has 0 radical (unpaired) electrons. The Hall–Kier alpha value is -8.46. The van der Waals surface area contributed by atoms with Gasteiger partial charge in [0.1, 0.15) is 0 Å². The number of benzene rings is 11. The maximum Gasteiger partial charge on any atom is 0.0462 e. The SMILES string of the molecule is C(=C\c1c2cc3ccccc3cc2c(/C=C/c2ccc(N(c3ccccc3)c3ccccc3)cc2)c2cc3ccccc3cc12)/c1ccc(N(c2ccccc2)c2ccccc2)cc1. The van der Waals surface area contributed by atoms with Crippen LogP contribution in [0.25, 0.3) is 67.4 Å². The molecule has 0 aliphatic rings. The number of para-hydroxylation sites is 4. The third-order valence-electron chi connectivity index (χ3n) is 12.2. The van der Waals surface area contributed by atoms with Crippen LogP contribution >= 0.6 is 0 Å². The van der Waals surface area contributed by atoms with E-state index in [1.807, 2.05) is 0 Å². The van der Waals surface area contributed by atoms with Gasteiger partial charge >= 0.3 is 0 Å². The van der Waals surface area contributed by atoms with Crippen molar-refractivity contribution in [3.8, 4) is 0 Å². The number of rotatable bonds is 10. The van der Waals surface area contributed by atoms with Gasteiger partial charge in [0.15, 0.2) is 0 Å². The van der Waals surface area contributed by atoms with Crippen molar-refractivity contribution in [1.29, 1.82) is 0 Å². The molecule has 0 saturated carbocycles. The van der Waals surface area contributed by atoms with Gasteiger partial charge in [0, 0.05) is 34.1 Å². The second-order valence-electron chi connectivity index (χ2n) is 16.2. The molecule has 11 aromatic carbocycles. The fourth-order valence-electron chi connectivity index (χ4n) is 9.05. The van der Waals surface area contributed by atoms with E-state index in [1.165, 1.54) is 54.2 Å². The summed E-state index contributed by atoms with van der Waals surface area (Å²) in [5.41, 5.74) is 11.4. The summed E-state index contributed by atoms with van der Waals surface area (Å²) in [4.78, 5) is 4.60. The lowest BCUT2D eigenvalue weighted by Crippen LogP contribution is -2.09. The minimum atomic E-state index is 1.11. The molecule has 0 fully saturated rings. The second-order valence-corrected chi connectivity index (χ2v) is 16.2. The van der Waals surface area contributed by atoms with Crippen LogP contribution in [-0.4, -0.2) is 0 Å². The van der Waals surface area contributed by atoms with Crippen molar-refractivity contribution in [2.24, 2.45) is 0 Å². The summed E-state index contributed by atoms with van der Waals surface area (Å²) >= 11 is 0. The van der Waals surface area contributed by atoms with Crippen LogP contribution in [0.1, 0.15) is 22.3 Å². The fourth-order valence-corrected chi connectivity index (χ4v) is 9.05. The molecule has 11 rings (SSSR count). The highest BCUT2D eigenvalue weighted by Gasteiger charge is 2.16.